The van der Waals surface area contributed by atoms with E-state index in [9.17, 15) is 18.0 Å². The lowest BCUT2D eigenvalue weighted by Crippen LogP contribution is -2.27. The van der Waals surface area contributed by atoms with Gasteiger partial charge in [0.1, 0.15) is 0 Å². The van der Waals surface area contributed by atoms with Crippen molar-refractivity contribution >= 4 is 21.7 Å². The standard InChI is InChI=1S/C10H17NO5S/c12-9(11-4-1-2-10(13)14)6-8-3-5-17(15,16)7-8/h8H,1-7H2,(H,11,12)(H,13,14). The Balaban J connectivity index is 2.16. The average Bonchev–Trinajstić information content (AvgIpc) is 2.52. The van der Waals surface area contributed by atoms with Crippen LogP contribution in [0, 0.1) is 5.92 Å². The molecule has 0 aromatic heterocycles. The number of amides is 1. The fourth-order valence-corrected chi connectivity index (χ4v) is 3.70. The summed E-state index contributed by atoms with van der Waals surface area (Å²) in [5.74, 6) is -0.905. The molecule has 98 valence electrons. The van der Waals surface area contributed by atoms with Gasteiger partial charge in [-0.2, -0.15) is 0 Å². The molecule has 1 aliphatic rings. The van der Waals surface area contributed by atoms with Crippen molar-refractivity contribution in [2.45, 2.75) is 25.7 Å². The predicted molar refractivity (Wildman–Crippen MR) is 61.3 cm³/mol. The molecule has 0 saturated carbocycles. The summed E-state index contributed by atoms with van der Waals surface area (Å²) in [5.41, 5.74) is 0. The van der Waals surface area contributed by atoms with Crippen molar-refractivity contribution in [2.24, 2.45) is 5.92 Å². The second kappa shape index (κ2) is 6.00. The van der Waals surface area contributed by atoms with E-state index in [4.69, 9.17) is 5.11 Å². The van der Waals surface area contributed by atoms with Crippen LogP contribution in [0.3, 0.4) is 0 Å². The van der Waals surface area contributed by atoms with Crippen LogP contribution < -0.4 is 5.32 Å². The molecule has 1 rings (SSSR count). The van der Waals surface area contributed by atoms with Crippen LogP contribution in [0.1, 0.15) is 25.7 Å². The number of carbonyl (C=O) groups is 2. The maximum Gasteiger partial charge on any atom is 0.303 e. The molecular weight excluding hydrogens is 246 g/mol. The minimum atomic E-state index is -2.94. The second-order valence-corrected chi connectivity index (χ2v) is 6.55. The third-order valence-electron chi connectivity index (χ3n) is 2.69. The third-order valence-corrected chi connectivity index (χ3v) is 4.53. The molecule has 0 radical (unpaired) electrons. The van der Waals surface area contributed by atoms with Crippen molar-refractivity contribution in [3.05, 3.63) is 0 Å². The minimum absolute atomic E-state index is 0.0259. The first-order valence-corrected chi connectivity index (χ1v) is 7.40. The highest BCUT2D eigenvalue weighted by atomic mass is 32.2. The van der Waals surface area contributed by atoms with Crippen LogP contribution in [-0.2, 0) is 19.4 Å². The van der Waals surface area contributed by atoms with Crippen molar-refractivity contribution in [3.63, 3.8) is 0 Å². The Morgan fingerprint density at radius 2 is 2.06 bits per heavy atom. The Kier molecular flexibility index (Phi) is 4.92. The summed E-state index contributed by atoms with van der Waals surface area (Å²) in [7, 11) is -2.94. The molecule has 1 heterocycles. The fourth-order valence-electron chi connectivity index (χ4n) is 1.83. The molecule has 1 fully saturated rings. The summed E-state index contributed by atoms with van der Waals surface area (Å²) in [4.78, 5) is 21.6. The molecule has 0 aromatic carbocycles. The van der Waals surface area contributed by atoms with E-state index in [1.54, 1.807) is 0 Å². The van der Waals surface area contributed by atoms with Crippen molar-refractivity contribution < 1.29 is 23.1 Å². The number of carbonyl (C=O) groups excluding carboxylic acids is 1. The molecule has 7 heteroatoms. The molecule has 1 saturated heterocycles. The number of aliphatic carboxylic acids is 1. The zero-order chi connectivity index (χ0) is 12.9. The summed E-state index contributed by atoms with van der Waals surface area (Å²) in [5, 5.41) is 11.0. The minimum Gasteiger partial charge on any atom is -0.481 e. The molecule has 0 aromatic rings. The smallest absolute Gasteiger partial charge is 0.303 e. The molecule has 0 bridgehead atoms. The zero-order valence-corrected chi connectivity index (χ0v) is 10.3. The molecule has 17 heavy (non-hydrogen) atoms. The van der Waals surface area contributed by atoms with Crippen molar-refractivity contribution in [3.8, 4) is 0 Å². The Bertz CT molecular complexity index is 390. The van der Waals surface area contributed by atoms with Gasteiger partial charge in [-0.1, -0.05) is 0 Å². The Morgan fingerprint density at radius 1 is 1.35 bits per heavy atom. The monoisotopic (exact) mass is 263 g/mol. The van der Waals surface area contributed by atoms with Gasteiger partial charge in [-0.25, -0.2) is 8.42 Å². The molecule has 0 aliphatic carbocycles. The first-order chi connectivity index (χ1) is 7.89. The molecule has 0 spiro atoms. The number of carboxylic acid groups (broad SMARTS) is 1. The van der Waals surface area contributed by atoms with Gasteiger partial charge in [-0.15, -0.1) is 0 Å². The maximum absolute atomic E-state index is 11.4. The fraction of sp³-hybridized carbons (Fsp3) is 0.800. The first kappa shape index (κ1) is 14.0. The molecule has 1 amide bonds. The molecular formula is C10H17NO5S. The summed E-state index contributed by atoms with van der Waals surface area (Å²) >= 11 is 0. The summed E-state index contributed by atoms with van der Waals surface area (Å²) < 4.78 is 22.3. The number of hydrogen-bond donors (Lipinski definition) is 2. The normalized spacial score (nSPS) is 22.2. The van der Waals surface area contributed by atoms with Crippen LogP contribution in [-0.4, -0.2) is 43.5 Å². The van der Waals surface area contributed by atoms with Crippen LogP contribution in [0.5, 0.6) is 0 Å². The number of sulfone groups is 1. The number of rotatable bonds is 6. The highest BCUT2D eigenvalue weighted by Gasteiger charge is 2.29. The lowest BCUT2D eigenvalue weighted by molar-refractivity contribution is -0.137. The number of nitrogens with one attached hydrogen (secondary N) is 1. The van der Waals surface area contributed by atoms with Crippen LogP contribution in [0.15, 0.2) is 0 Å². The molecule has 1 aliphatic heterocycles. The SMILES string of the molecule is O=C(O)CCCNC(=O)CC1CCS(=O)(=O)C1. The van der Waals surface area contributed by atoms with Gasteiger partial charge in [0.05, 0.1) is 11.5 Å². The quantitative estimate of drug-likeness (QED) is 0.646. The predicted octanol–water partition coefficient (Wildman–Crippen LogP) is -0.208. The maximum atomic E-state index is 11.4. The van der Waals surface area contributed by atoms with Gasteiger partial charge in [-0.05, 0) is 18.8 Å². The second-order valence-electron chi connectivity index (χ2n) is 4.32. The van der Waals surface area contributed by atoms with Gasteiger partial charge in [0.2, 0.25) is 5.91 Å². The third kappa shape index (κ3) is 5.67. The first-order valence-electron chi connectivity index (χ1n) is 5.58. The molecule has 6 nitrogen and oxygen atoms in total. The highest BCUT2D eigenvalue weighted by Crippen LogP contribution is 2.21. The van der Waals surface area contributed by atoms with E-state index in [0.29, 0.717) is 19.4 Å². The van der Waals surface area contributed by atoms with Crippen LogP contribution in [0.2, 0.25) is 0 Å². The van der Waals surface area contributed by atoms with Gasteiger partial charge < -0.3 is 10.4 Å². The largest absolute Gasteiger partial charge is 0.481 e. The van der Waals surface area contributed by atoms with Gasteiger partial charge in [0.15, 0.2) is 9.84 Å². The van der Waals surface area contributed by atoms with E-state index in [1.807, 2.05) is 0 Å². The lowest BCUT2D eigenvalue weighted by Gasteiger charge is -2.07. The van der Waals surface area contributed by atoms with E-state index >= 15 is 0 Å². The van der Waals surface area contributed by atoms with Crippen molar-refractivity contribution in [1.82, 2.24) is 5.32 Å². The van der Waals surface area contributed by atoms with Gasteiger partial charge in [-0.3, -0.25) is 9.59 Å². The van der Waals surface area contributed by atoms with Crippen molar-refractivity contribution in [1.29, 1.82) is 0 Å². The highest BCUT2D eigenvalue weighted by molar-refractivity contribution is 7.91. The van der Waals surface area contributed by atoms with Gasteiger partial charge in [0, 0.05) is 19.4 Å². The Morgan fingerprint density at radius 3 is 2.59 bits per heavy atom. The van der Waals surface area contributed by atoms with E-state index < -0.39 is 15.8 Å². The van der Waals surface area contributed by atoms with Gasteiger partial charge >= 0.3 is 5.97 Å². The number of hydrogen-bond acceptors (Lipinski definition) is 4. The summed E-state index contributed by atoms with van der Waals surface area (Å²) in [6.07, 6.45) is 1.18. The topological polar surface area (TPSA) is 101 Å². The average molecular weight is 263 g/mol. The Labute approximate surface area is 100 Å². The van der Waals surface area contributed by atoms with Crippen molar-refractivity contribution in [2.75, 3.05) is 18.1 Å². The lowest BCUT2D eigenvalue weighted by atomic mass is 10.1. The summed E-state index contributed by atoms with van der Waals surface area (Å²) in [6, 6.07) is 0. The number of carboxylic acids is 1. The molecule has 2 N–H and O–H groups in total. The van der Waals surface area contributed by atoms with E-state index in [2.05, 4.69) is 5.32 Å². The van der Waals surface area contributed by atoms with E-state index in [0.717, 1.165) is 0 Å². The van der Waals surface area contributed by atoms with E-state index in [1.165, 1.54) is 0 Å². The Hall–Kier alpha value is -1.11. The summed E-state index contributed by atoms with van der Waals surface area (Å²) in [6.45, 7) is 0.324. The van der Waals surface area contributed by atoms with Crippen LogP contribution >= 0.6 is 0 Å². The van der Waals surface area contributed by atoms with Crippen LogP contribution in [0.4, 0.5) is 0 Å². The molecule has 1 atom stereocenters. The van der Waals surface area contributed by atoms with E-state index in [-0.39, 0.29) is 36.2 Å². The molecule has 1 unspecified atom stereocenters. The zero-order valence-electron chi connectivity index (χ0n) is 9.52. The van der Waals surface area contributed by atoms with Gasteiger partial charge in [0.25, 0.3) is 0 Å². The van der Waals surface area contributed by atoms with Crippen LogP contribution in [0.25, 0.3) is 0 Å².